The zero-order chi connectivity index (χ0) is 19.1. The van der Waals surface area contributed by atoms with Gasteiger partial charge in [-0.25, -0.2) is 9.97 Å². The van der Waals surface area contributed by atoms with Crippen molar-refractivity contribution in [2.45, 2.75) is 19.6 Å². The zero-order valence-corrected chi connectivity index (χ0v) is 14.8. The lowest BCUT2D eigenvalue weighted by Gasteiger charge is -2.19. The first kappa shape index (κ1) is 17.9. The van der Waals surface area contributed by atoms with Gasteiger partial charge in [0.25, 0.3) is 0 Å². The van der Waals surface area contributed by atoms with Crippen molar-refractivity contribution >= 4 is 5.95 Å². The van der Waals surface area contributed by atoms with Crippen molar-refractivity contribution in [3.05, 3.63) is 41.6 Å². The molecular formula is C16H18F3N7. The van der Waals surface area contributed by atoms with E-state index in [1.807, 2.05) is 0 Å². The van der Waals surface area contributed by atoms with Gasteiger partial charge in [0.2, 0.25) is 5.95 Å². The number of halogens is 3. The van der Waals surface area contributed by atoms with Gasteiger partial charge in [0.1, 0.15) is 0 Å². The zero-order valence-electron chi connectivity index (χ0n) is 14.8. The van der Waals surface area contributed by atoms with Crippen LogP contribution in [0.5, 0.6) is 0 Å². The molecule has 0 aliphatic rings. The number of aryl methyl sites for hydroxylation is 3. The molecule has 26 heavy (non-hydrogen) atoms. The third-order valence-electron chi connectivity index (χ3n) is 3.96. The molecule has 3 heterocycles. The quantitative estimate of drug-likeness (QED) is 0.711. The van der Waals surface area contributed by atoms with Crippen molar-refractivity contribution in [3.8, 4) is 11.3 Å². The molecule has 0 atom stereocenters. The summed E-state index contributed by atoms with van der Waals surface area (Å²) in [6.45, 7) is 2.05. The molecule has 0 aromatic carbocycles. The van der Waals surface area contributed by atoms with Gasteiger partial charge in [-0.05, 0) is 19.1 Å². The first-order valence-corrected chi connectivity index (χ1v) is 7.80. The number of alkyl halides is 3. The summed E-state index contributed by atoms with van der Waals surface area (Å²) in [7, 11) is 5.11. The normalized spacial score (nSPS) is 11.8. The maximum absolute atomic E-state index is 13.3. The Balaban J connectivity index is 2.05. The lowest BCUT2D eigenvalue weighted by molar-refractivity contribution is -0.141. The third-order valence-corrected chi connectivity index (χ3v) is 3.96. The van der Waals surface area contributed by atoms with Crippen LogP contribution in [0, 0.1) is 6.92 Å². The van der Waals surface area contributed by atoms with Crippen molar-refractivity contribution < 1.29 is 13.2 Å². The number of rotatable bonds is 4. The predicted octanol–water partition coefficient (Wildman–Crippen LogP) is 2.57. The molecule has 0 saturated heterocycles. The fraction of sp³-hybridized carbons (Fsp3) is 0.375. The van der Waals surface area contributed by atoms with Crippen molar-refractivity contribution in [3.63, 3.8) is 0 Å². The first-order valence-electron chi connectivity index (χ1n) is 7.80. The minimum Gasteiger partial charge on any atom is -0.338 e. The van der Waals surface area contributed by atoms with E-state index < -0.39 is 11.9 Å². The maximum Gasteiger partial charge on any atom is 0.433 e. The van der Waals surface area contributed by atoms with Gasteiger partial charge in [-0.3, -0.25) is 9.36 Å². The molecular weight excluding hydrogens is 347 g/mol. The highest BCUT2D eigenvalue weighted by atomic mass is 19.4. The highest BCUT2D eigenvalue weighted by Gasteiger charge is 2.34. The SMILES string of the molecule is Cc1nn(C)cc1-c1cc(C(F)(F)F)nc(N(C)Cc2ccnn2C)n1. The highest BCUT2D eigenvalue weighted by molar-refractivity contribution is 5.63. The van der Waals surface area contributed by atoms with Crippen LogP contribution in [0.4, 0.5) is 19.1 Å². The molecule has 0 aliphatic carbocycles. The number of anilines is 1. The van der Waals surface area contributed by atoms with Crippen molar-refractivity contribution in [1.82, 2.24) is 29.5 Å². The Labute approximate surface area is 148 Å². The molecule has 3 aromatic rings. The van der Waals surface area contributed by atoms with Crippen molar-refractivity contribution in [2.75, 3.05) is 11.9 Å². The molecule has 0 amide bonds. The van der Waals surface area contributed by atoms with Gasteiger partial charge in [0, 0.05) is 39.1 Å². The fourth-order valence-corrected chi connectivity index (χ4v) is 2.61. The predicted molar refractivity (Wildman–Crippen MR) is 89.3 cm³/mol. The van der Waals surface area contributed by atoms with Gasteiger partial charge in [-0.1, -0.05) is 0 Å². The van der Waals surface area contributed by atoms with Crippen molar-refractivity contribution in [1.29, 1.82) is 0 Å². The van der Waals surface area contributed by atoms with E-state index in [1.165, 1.54) is 0 Å². The summed E-state index contributed by atoms with van der Waals surface area (Å²) in [5.74, 6) is -0.0146. The number of aromatic nitrogens is 6. The molecule has 0 unspecified atom stereocenters. The number of hydrogen-bond acceptors (Lipinski definition) is 5. The van der Waals surface area contributed by atoms with Gasteiger partial charge in [0.05, 0.1) is 23.6 Å². The number of hydrogen-bond donors (Lipinski definition) is 0. The molecule has 0 fully saturated rings. The summed E-state index contributed by atoms with van der Waals surface area (Å²) in [6.07, 6.45) is -1.31. The molecule has 7 nitrogen and oxygen atoms in total. The van der Waals surface area contributed by atoms with E-state index >= 15 is 0 Å². The van der Waals surface area contributed by atoms with E-state index in [1.54, 1.807) is 60.8 Å². The summed E-state index contributed by atoms with van der Waals surface area (Å²) < 4.78 is 43.2. The summed E-state index contributed by atoms with van der Waals surface area (Å²) in [5, 5.41) is 8.23. The minimum absolute atomic E-state index is 0.0146. The summed E-state index contributed by atoms with van der Waals surface area (Å²) in [6, 6.07) is 2.74. The van der Waals surface area contributed by atoms with Crippen LogP contribution in [0.15, 0.2) is 24.5 Å². The average molecular weight is 365 g/mol. The molecule has 0 radical (unpaired) electrons. The second kappa shape index (κ2) is 6.43. The molecule has 0 bridgehead atoms. The van der Waals surface area contributed by atoms with Crippen LogP contribution in [0.25, 0.3) is 11.3 Å². The topological polar surface area (TPSA) is 64.7 Å². The largest absolute Gasteiger partial charge is 0.433 e. The highest BCUT2D eigenvalue weighted by Crippen LogP contribution is 2.32. The molecule has 3 rings (SSSR count). The fourth-order valence-electron chi connectivity index (χ4n) is 2.61. The maximum atomic E-state index is 13.3. The van der Waals surface area contributed by atoms with Crippen molar-refractivity contribution in [2.24, 2.45) is 14.1 Å². The van der Waals surface area contributed by atoms with Gasteiger partial charge < -0.3 is 4.90 Å². The van der Waals surface area contributed by atoms with E-state index in [4.69, 9.17) is 0 Å². The molecule has 0 aliphatic heterocycles. The second-order valence-electron chi connectivity index (χ2n) is 6.04. The van der Waals surface area contributed by atoms with Gasteiger partial charge in [-0.2, -0.15) is 23.4 Å². The van der Waals surface area contributed by atoms with Gasteiger partial charge in [0.15, 0.2) is 5.69 Å². The molecule has 138 valence electrons. The summed E-state index contributed by atoms with van der Waals surface area (Å²) >= 11 is 0. The summed E-state index contributed by atoms with van der Waals surface area (Å²) in [5.41, 5.74) is 1.16. The van der Waals surface area contributed by atoms with Crippen LogP contribution in [0.3, 0.4) is 0 Å². The lowest BCUT2D eigenvalue weighted by atomic mass is 10.1. The average Bonchev–Trinajstić information content (AvgIpc) is 3.11. The smallest absolute Gasteiger partial charge is 0.338 e. The molecule has 0 saturated carbocycles. The van der Waals surface area contributed by atoms with Crippen LogP contribution in [0.1, 0.15) is 17.1 Å². The number of nitrogens with zero attached hydrogens (tertiary/aromatic N) is 7. The third kappa shape index (κ3) is 3.53. The van der Waals surface area contributed by atoms with Crippen LogP contribution in [-0.4, -0.2) is 36.6 Å². The standard InChI is InChI=1S/C16H18F3N7/c1-10-12(9-25(3)23-10)13-7-14(16(17,18)19)22-15(21-13)24(2)8-11-5-6-20-26(11)4/h5-7,9H,8H2,1-4H3. The van der Waals surface area contributed by atoms with E-state index in [0.717, 1.165) is 11.8 Å². The minimum atomic E-state index is -4.57. The van der Waals surface area contributed by atoms with E-state index in [0.29, 0.717) is 17.8 Å². The van der Waals surface area contributed by atoms with Gasteiger partial charge >= 0.3 is 6.18 Å². The monoisotopic (exact) mass is 365 g/mol. The Bertz CT molecular complexity index is 926. The van der Waals surface area contributed by atoms with E-state index in [9.17, 15) is 13.2 Å². The van der Waals surface area contributed by atoms with Gasteiger partial charge in [-0.15, -0.1) is 0 Å². The Hall–Kier alpha value is -2.91. The van der Waals surface area contributed by atoms with E-state index in [2.05, 4.69) is 20.2 Å². The Morgan fingerprint density at radius 3 is 2.46 bits per heavy atom. The lowest BCUT2D eigenvalue weighted by Crippen LogP contribution is -2.23. The first-order chi connectivity index (χ1) is 12.1. The Morgan fingerprint density at radius 2 is 1.92 bits per heavy atom. The Morgan fingerprint density at radius 1 is 1.19 bits per heavy atom. The molecule has 0 spiro atoms. The summed E-state index contributed by atoms with van der Waals surface area (Å²) in [4.78, 5) is 9.60. The van der Waals surface area contributed by atoms with Crippen LogP contribution >= 0.6 is 0 Å². The van der Waals surface area contributed by atoms with E-state index in [-0.39, 0.29) is 11.6 Å². The van der Waals surface area contributed by atoms with Crippen LogP contribution in [-0.2, 0) is 26.8 Å². The second-order valence-corrected chi connectivity index (χ2v) is 6.04. The molecule has 3 aromatic heterocycles. The molecule has 10 heteroatoms. The molecule has 0 N–H and O–H groups in total. The Kier molecular flexibility index (Phi) is 4.43. The van der Waals surface area contributed by atoms with Crippen LogP contribution in [0.2, 0.25) is 0 Å². The van der Waals surface area contributed by atoms with Crippen LogP contribution < -0.4 is 4.90 Å².